The molecule has 1 aromatic rings. The highest BCUT2D eigenvalue weighted by atomic mass is 16.4. The number of pyridine rings is 1. The summed E-state index contributed by atoms with van der Waals surface area (Å²) in [4.78, 5) is 17.0. The van der Waals surface area contributed by atoms with Crippen molar-refractivity contribution in [3.63, 3.8) is 0 Å². The molecule has 1 aliphatic heterocycles. The van der Waals surface area contributed by atoms with Gasteiger partial charge >= 0.3 is 5.97 Å². The highest BCUT2D eigenvalue weighted by molar-refractivity contribution is 5.71. The predicted octanol–water partition coefficient (Wildman–Crippen LogP) is 1.25. The Bertz CT molecular complexity index is 467. The molecule has 0 aliphatic carbocycles. The Morgan fingerprint density at radius 1 is 1.65 bits per heavy atom. The molecule has 0 saturated carbocycles. The minimum atomic E-state index is -0.774. The first-order chi connectivity index (χ1) is 8.22. The Hall–Kier alpha value is -2.09. The summed E-state index contributed by atoms with van der Waals surface area (Å²) >= 11 is 0. The molecule has 88 valence electrons. The van der Waals surface area contributed by atoms with Gasteiger partial charge in [0.05, 0.1) is 11.5 Å². The molecule has 0 spiro atoms. The molecule has 5 heteroatoms. The second-order valence-corrected chi connectivity index (χ2v) is 4.11. The van der Waals surface area contributed by atoms with Gasteiger partial charge in [0.15, 0.2) is 0 Å². The van der Waals surface area contributed by atoms with Crippen LogP contribution in [-0.2, 0) is 4.79 Å². The molecule has 5 nitrogen and oxygen atoms in total. The van der Waals surface area contributed by atoms with E-state index in [1.807, 2.05) is 4.90 Å². The van der Waals surface area contributed by atoms with Gasteiger partial charge < -0.3 is 10.0 Å². The molecule has 1 fully saturated rings. The smallest absolute Gasteiger partial charge is 0.308 e. The summed E-state index contributed by atoms with van der Waals surface area (Å²) in [5.74, 6) is -0.539. The van der Waals surface area contributed by atoms with Gasteiger partial charge in [-0.15, -0.1) is 0 Å². The van der Waals surface area contributed by atoms with Gasteiger partial charge in [-0.05, 0) is 25.0 Å². The van der Waals surface area contributed by atoms with Gasteiger partial charge in [-0.25, -0.2) is 4.98 Å². The number of hydrogen-bond donors (Lipinski definition) is 1. The fourth-order valence-electron chi connectivity index (χ4n) is 2.11. The summed E-state index contributed by atoms with van der Waals surface area (Å²) in [6, 6.07) is 5.50. The van der Waals surface area contributed by atoms with Crippen LogP contribution in [0.1, 0.15) is 18.4 Å². The van der Waals surface area contributed by atoms with Gasteiger partial charge in [-0.3, -0.25) is 4.79 Å². The Labute approximate surface area is 99.3 Å². The van der Waals surface area contributed by atoms with Crippen LogP contribution < -0.4 is 4.90 Å². The second kappa shape index (κ2) is 4.83. The van der Waals surface area contributed by atoms with Gasteiger partial charge in [0, 0.05) is 19.3 Å². The lowest BCUT2D eigenvalue weighted by atomic mass is 9.98. The minimum absolute atomic E-state index is 0.364. The molecule has 2 heterocycles. The number of rotatable bonds is 2. The van der Waals surface area contributed by atoms with Crippen molar-refractivity contribution < 1.29 is 9.90 Å². The summed E-state index contributed by atoms with van der Waals surface area (Å²) in [5, 5.41) is 18.0. The zero-order chi connectivity index (χ0) is 12.3. The maximum Gasteiger partial charge on any atom is 0.308 e. The molecule has 17 heavy (non-hydrogen) atoms. The quantitative estimate of drug-likeness (QED) is 0.829. The van der Waals surface area contributed by atoms with E-state index in [1.54, 1.807) is 18.3 Å². The minimum Gasteiger partial charge on any atom is -0.481 e. The van der Waals surface area contributed by atoms with Crippen molar-refractivity contribution >= 4 is 11.8 Å². The normalized spacial score (nSPS) is 19.7. The Morgan fingerprint density at radius 3 is 3.18 bits per heavy atom. The number of nitriles is 1. The van der Waals surface area contributed by atoms with Crippen molar-refractivity contribution in [1.29, 1.82) is 5.26 Å². The number of aromatic nitrogens is 1. The molecule has 2 rings (SSSR count). The summed E-state index contributed by atoms with van der Waals surface area (Å²) in [5.41, 5.74) is 0.499. The lowest BCUT2D eigenvalue weighted by molar-refractivity contribution is -0.141. The second-order valence-electron chi connectivity index (χ2n) is 4.11. The van der Waals surface area contributed by atoms with Crippen LogP contribution in [0.3, 0.4) is 0 Å². The van der Waals surface area contributed by atoms with Crippen LogP contribution >= 0.6 is 0 Å². The molecule has 1 atom stereocenters. The van der Waals surface area contributed by atoms with E-state index < -0.39 is 5.97 Å². The molecule has 0 aromatic carbocycles. The molecular weight excluding hydrogens is 218 g/mol. The molecule has 0 bridgehead atoms. The first-order valence-corrected chi connectivity index (χ1v) is 5.55. The fourth-order valence-corrected chi connectivity index (χ4v) is 2.11. The van der Waals surface area contributed by atoms with Gasteiger partial charge in [-0.1, -0.05) is 0 Å². The number of nitrogens with zero attached hydrogens (tertiary/aromatic N) is 3. The lowest BCUT2D eigenvalue weighted by Gasteiger charge is -2.31. The number of piperidine rings is 1. The van der Waals surface area contributed by atoms with E-state index in [0.717, 1.165) is 13.0 Å². The first kappa shape index (κ1) is 11.4. The van der Waals surface area contributed by atoms with Gasteiger partial charge in [0.2, 0.25) is 0 Å². The van der Waals surface area contributed by atoms with Crippen LogP contribution in [0.2, 0.25) is 0 Å². The zero-order valence-corrected chi connectivity index (χ0v) is 9.33. The van der Waals surface area contributed by atoms with Crippen LogP contribution in [0.25, 0.3) is 0 Å². The summed E-state index contributed by atoms with van der Waals surface area (Å²) < 4.78 is 0. The number of carboxylic acid groups (broad SMARTS) is 1. The van der Waals surface area contributed by atoms with E-state index in [2.05, 4.69) is 11.1 Å². The molecule has 0 radical (unpaired) electrons. The predicted molar refractivity (Wildman–Crippen MR) is 61.5 cm³/mol. The van der Waals surface area contributed by atoms with Crippen LogP contribution in [0.4, 0.5) is 5.82 Å². The SMILES string of the molecule is N#Cc1cccnc1N1CCC[C@@H](C(=O)O)C1. The first-order valence-electron chi connectivity index (χ1n) is 5.55. The molecular formula is C12H13N3O2. The van der Waals surface area contributed by atoms with Gasteiger partial charge in [0.1, 0.15) is 11.9 Å². The van der Waals surface area contributed by atoms with Crippen LogP contribution in [0.15, 0.2) is 18.3 Å². The standard InChI is InChI=1S/C12H13N3O2/c13-7-9-3-1-5-14-11(9)15-6-2-4-10(8-15)12(16)17/h1,3,5,10H,2,4,6,8H2,(H,16,17)/t10-/m1/s1. The Morgan fingerprint density at radius 2 is 2.47 bits per heavy atom. The van der Waals surface area contributed by atoms with E-state index in [9.17, 15) is 4.79 Å². The maximum atomic E-state index is 11.0. The van der Waals surface area contributed by atoms with Crippen LogP contribution in [0.5, 0.6) is 0 Å². The third kappa shape index (κ3) is 2.36. The Balaban J connectivity index is 2.22. The topological polar surface area (TPSA) is 77.2 Å². The van der Waals surface area contributed by atoms with Crippen molar-refractivity contribution in [3.05, 3.63) is 23.9 Å². The Kier molecular flexibility index (Phi) is 3.24. The molecule has 1 saturated heterocycles. The molecule has 0 amide bonds. The summed E-state index contributed by atoms with van der Waals surface area (Å²) in [7, 11) is 0. The lowest BCUT2D eigenvalue weighted by Crippen LogP contribution is -2.39. The third-order valence-electron chi connectivity index (χ3n) is 2.98. The van der Waals surface area contributed by atoms with E-state index in [0.29, 0.717) is 24.3 Å². The number of aliphatic carboxylic acids is 1. The van der Waals surface area contributed by atoms with Crippen LogP contribution in [-0.4, -0.2) is 29.1 Å². The van der Waals surface area contributed by atoms with Crippen molar-refractivity contribution in [2.24, 2.45) is 5.92 Å². The van der Waals surface area contributed by atoms with Gasteiger partial charge in [0.25, 0.3) is 0 Å². The number of carbonyl (C=O) groups is 1. The summed E-state index contributed by atoms with van der Waals surface area (Å²) in [6.45, 7) is 1.19. The van der Waals surface area contributed by atoms with Crippen LogP contribution in [0, 0.1) is 17.2 Å². The molecule has 1 N–H and O–H groups in total. The average Bonchev–Trinajstić information content (AvgIpc) is 2.39. The van der Waals surface area contributed by atoms with Crippen molar-refractivity contribution in [2.45, 2.75) is 12.8 Å². The number of carboxylic acids is 1. The highest BCUT2D eigenvalue weighted by Gasteiger charge is 2.27. The monoisotopic (exact) mass is 231 g/mol. The third-order valence-corrected chi connectivity index (χ3v) is 2.98. The maximum absolute atomic E-state index is 11.0. The van der Waals surface area contributed by atoms with E-state index in [4.69, 9.17) is 10.4 Å². The van der Waals surface area contributed by atoms with Crippen molar-refractivity contribution in [2.75, 3.05) is 18.0 Å². The van der Waals surface area contributed by atoms with Gasteiger partial charge in [-0.2, -0.15) is 5.26 Å². The van der Waals surface area contributed by atoms with E-state index in [1.165, 1.54) is 0 Å². The molecule has 1 aromatic heterocycles. The van der Waals surface area contributed by atoms with E-state index >= 15 is 0 Å². The summed E-state index contributed by atoms with van der Waals surface area (Å²) in [6.07, 6.45) is 3.14. The van der Waals surface area contributed by atoms with Crippen molar-refractivity contribution in [1.82, 2.24) is 4.98 Å². The molecule has 1 aliphatic rings. The average molecular weight is 231 g/mol. The highest BCUT2D eigenvalue weighted by Crippen LogP contribution is 2.24. The van der Waals surface area contributed by atoms with E-state index in [-0.39, 0.29) is 5.92 Å². The number of anilines is 1. The van der Waals surface area contributed by atoms with Crippen molar-refractivity contribution in [3.8, 4) is 6.07 Å². The fraction of sp³-hybridized carbons (Fsp3) is 0.417. The number of hydrogen-bond acceptors (Lipinski definition) is 4. The zero-order valence-electron chi connectivity index (χ0n) is 9.33. The molecule has 0 unspecified atom stereocenters. The largest absolute Gasteiger partial charge is 0.481 e.